The number of hydrogen-bond donors (Lipinski definition) is 0. The van der Waals surface area contributed by atoms with Gasteiger partial charge in [0.05, 0.1) is 18.5 Å². The minimum Gasteiger partial charge on any atom is -0.462 e. The molecule has 0 aliphatic rings. The summed E-state index contributed by atoms with van der Waals surface area (Å²) in [5.74, 6) is -0.688. The SMILES string of the molecule is CCOC(=O)c1cnn(C)c1C(=O)N(c1ccccc1)c1cc2nccn2cn1. The van der Waals surface area contributed by atoms with Crippen molar-refractivity contribution in [3.8, 4) is 0 Å². The van der Waals surface area contributed by atoms with Crippen LogP contribution in [0.5, 0.6) is 0 Å². The van der Waals surface area contributed by atoms with Gasteiger partial charge in [-0.25, -0.2) is 14.8 Å². The third-order valence-electron chi connectivity index (χ3n) is 4.35. The molecule has 4 rings (SSSR count). The van der Waals surface area contributed by atoms with Crippen LogP contribution in [0.3, 0.4) is 0 Å². The van der Waals surface area contributed by atoms with E-state index >= 15 is 0 Å². The minimum atomic E-state index is -0.603. The average molecular weight is 390 g/mol. The number of nitrogens with zero attached hydrogens (tertiary/aromatic N) is 6. The Morgan fingerprint density at radius 3 is 2.72 bits per heavy atom. The van der Waals surface area contributed by atoms with Crippen LogP contribution in [0.4, 0.5) is 11.5 Å². The van der Waals surface area contributed by atoms with Crippen LogP contribution in [0.2, 0.25) is 0 Å². The van der Waals surface area contributed by atoms with Crippen molar-refractivity contribution >= 4 is 29.0 Å². The van der Waals surface area contributed by atoms with Gasteiger partial charge in [0.25, 0.3) is 5.91 Å². The van der Waals surface area contributed by atoms with Gasteiger partial charge in [-0.15, -0.1) is 0 Å². The number of carbonyl (C=O) groups excluding carboxylic acids is 2. The zero-order valence-corrected chi connectivity index (χ0v) is 15.9. The largest absolute Gasteiger partial charge is 0.462 e. The predicted octanol–water partition coefficient (Wildman–Crippen LogP) is 2.62. The van der Waals surface area contributed by atoms with E-state index in [-0.39, 0.29) is 17.9 Å². The van der Waals surface area contributed by atoms with E-state index in [0.29, 0.717) is 17.2 Å². The second-order valence-electron chi connectivity index (χ2n) is 6.17. The summed E-state index contributed by atoms with van der Waals surface area (Å²) in [4.78, 5) is 36.1. The van der Waals surface area contributed by atoms with Crippen LogP contribution in [-0.4, -0.2) is 42.6 Å². The monoisotopic (exact) mass is 390 g/mol. The third-order valence-corrected chi connectivity index (χ3v) is 4.35. The maximum absolute atomic E-state index is 13.6. The Hall–Kier alpha value is -4.01. The van der Waals surface area contributed by atoms with E-state index in [9.17, 15) is 9.59 Å². The summed E-state index contributed by atoms with van der Waals surface area (Å²) in [6, 6.07) is 10.8. The lowest BCUT2D eigenvalue weighted by Gasteiger charge is -2.22. The van der Waals surface area contributed by atoms with E-state index in [1.165, 1.54) is 15.8 Å². The lowest BCUT2D eigenvalue weighted by molar-refractivity contribution is 0.0523. The Morgan fingerprint density at radius 1 is 1.17 bits per heavy atom. The van der Waals surface area contributed by atoms with Crippen LogP contribution in [0, 0.1) is 0 Å². The molecule has 0 saturated heterocycles. The Balaban J connectivity index is 1.85. The number of ether oxygens (including phenoxy) is 1. The molecule has 4 aromatic rings. The molecule has 0 radical (unpaired) electrons. The first-order valence-corrected chi connectivity index (χ1v) is 8.97. The quantitative estimate of drug-likeness (QED) is 0.486. The molecule has 0 bridgehead atoms. The number of imidazole rings is 1. The molecule has 0 saturated carbocycles. The Labute approximate surface area is 166 Å². The molecular formula is C20H18N6O3. The summed E-state index contributed by atoms with van der Waals surface area (Å²) in [5, 5.41) is 4.08. The molecule has 0 atom stereocenters. The molecule has 3 heterocycles. The Morgan fingerprint density at radius 2 is 1.97 bits per heavy atom. The van der Waals surface area contributed by atoms with Gasteiger partial charge in [-0.1, -0.05) is 18.2 Å². The fourth-order valence-electron chi connectivity index (χ4n) is 3.02. The summed E-state index contributed by atoms with van der Waals surface area (Å²) in [6.45, 7) is 1.90. The topological polar surface area (TPSA) is 94.6 Å². The first-order chi connectivity index (χ1) is 14.1. The minimum absolute atomic E-state index is 0.0992. The number of hydrogen-bond acceptors (Lipinski definition) is 6. The van der Waals surface area contributed by atoms with E-state index in [0.717, 1.165) is 0 Å². The molecule has 9 nitrogen and oxygen atoms in total. The fraction of sp³-hybridized carbons (Fsp3) is 0.150. The molecule has 9 heteroatoms. The maximum Gasteiger partial charge on any atom is 0.342 e. The van der Waals surface area contributed by atoms with Crippen LogP contribution in [-0.2, 0) is 11.8 Å². The molecule has 0 spiro atoms. The summed E-state index contributed by atoms with van der Waals surface area (Å²) in [7, 11) is 1.60. The Bertz CT molecular complexity index is 1180. The van der Waals surface area contributed by atoms with Crippen molar-refractivity contribution < 1.29 is 14.3 Å². The van der Waals surface area contributed by atoms with Crippen LogP contribution in [0.25, 0.3) is 5.65 Å². The molecule has 0 aliphatic carbocycles. The molecule has 1 aromatic carbocycles. The van der Waals surface area contributed by atoms with Crippen molar-refractivity contribution in [2.24, 2.45) is 7.05 Å². The molecule has 3 aromatic heterocycles. The van der Waals surface area contributed by atoms with Crippen LogP contribution >= 0.6 is 0 Å². The Kier molecular flexibility index (Phi) is 4.78. The van der Waals surface area contributed by atoms with Gasteiger partial charge in [0, 0.05) is 25.5 Å². The van der Waals surface area contributed by atoms with Gasteiger partial charge >= 0.3 is 5.97 Å². The van der Waals surface area contributed by atoms with Crippen LogP contribution in [0.15, 0.2) is 61.3 Å². The highest BCUT2D eigenvalue weighted by Gasteiger charge is 2.29. The van der Waals surface area contributed by atoms with Gasteiger partial charge < -0.3 is 4.74 Å². The van der Waals surface area contributed by atoms with Crippen molar-refractivity contribution in [2.75, 3.05) is 11.5 Å². The molecular weight excluding hydrogens is 372 g/mol. The predicted molar refractivity (Wildman–Crippen MR) is 105 cm³/mol. The number of aryl methyl sites for hydroxylation is 1. The molecule has 146 valence electrons. The second kappa shape index (κ2) is 7.55. The van der Waals surface area contributed by atoms with Gasteiger partial charge in [-0.3, -0.25) is 18.8 Å². The zero-order chi connectivity index (χ0) is 20.4. The highest BCUT2D eigenvalue weighted by Crippen LogP contribution is 2.27. The molecule has 1 amide bonds. The normalized spacial score (nSPS) is 10.8. The van der Waals surface area contributed by atoms with Crippen molar-refractivity contribution in [3.63, 3.8) is 0 Å². The summed E-state index contributed by atoms with van der Waals surface area (Å²) in [6.07, 6.45) is 6.33. The van der Waals surface area contributed by atoms with Crippen LogP contribution in [0.1, 0.15) is 27.8 Å². The number of amides is 1. The number of rotatable bonds is 5. The first-order valence-electron chi connectivity index (χ1n) is 8.97. The van der Waals surface area contributed by atoms with Gasteiger partial charge in [0.1, 0.15) is 29.0 Å². The fourth-order valence-corrected chi connectivity index (χ4v) is 3.02. The molecule has 0 aliphatic heterocycles. The van der Waals surface area contributed by atoms with Gasteiger partial charge in [0.2, 0.25) is 0 Å². The second-order valence-corrected chi connectivity index (χ2v) is 6.17. The first kappa shape index (κ1) is 18.4. The standard InChI is InChI=1S/C20H18N6O3/c1-3-29-20(28)15-12-23-24(2)18(15)19(27)26(14-7-5-4-6-8-14)17-11-16-21-9-10-25(16)13-22-17/h4-13H,3H2,1-2H3. The smallest absolute Gasteiger partial charge is 0.342 e. The van der Waals surface area contributed by atoms with E-state index in [4.69, 9.17) is 4.74 Å². The molecule has 0 fully saturated rings. The number of carbonyl (C=O) groups is 2. The van der Waals surface area contributed by atoms with Gasteiger partial charge in [-0.2, -0.15) is 5.10 Å². The summed E-state index contributed by atoms with van der Waals surface area (Å²) < 4.78 is 8.18. The van der Waals surface area contributed by atoms with Crippen molar-refractivity contribution in [1.29, 1.82) is 0 Å². The summed E-state index contributed by atoms with van der Waals surface area (Å²) >= 11 is 0. The molecule has 0 unspecified atom stereocenters. The maximum atomic E-state index is 13.6. The van der Waals surface area contributed by atoms with Crippen molar-refractivity contribution in [1.82, 2.24) is 24.1 Å². The van der Waals surface area contributed by atoms with E-state index in [1.54, 1.807) is 55.3 Å². The average Bonchev–Trinajstić information content (AvgIpc) is 3.35. The number of para-hydroxylation sites is 1. The van der Waals surface area contributed by atoms with E-state index < -0.39 is 11.9 Å². The number of aromatic nitrogens is 5. The number of anilines is 2. The highest BCUT2D eigenvalue weighted by atomic mass is 16.5. The highest BCUT2D eigenvalue weighted by molar-refractivity contribution is 6.14. The zero-order valence-electron chi connectivity index (χ0n) is 15.9. The molecule has 0 N–H and O–H groups in total. The van der Waals surface area contributed by atoms with Gasteiger partial charge in [0.15, 0.2) is 0 Å². The number of benzene rings is 1. The lowest BCUT2D eigenvalue weighted by Crippen LogP contribution is -2.30. The van der Waals surface area contributed by atoms with Crippen molar-refractivity contribution in [3.05, 3.63) is 72.6 Å². The lowest BCUT2D eigenvalue weighted by atomic mass is 10.2. The van der Waals surface area contributed by atoms with Gasteiger partial charge in [-0.05, 0) is 19.1 Å². The number of esters is 1. The summed E-state index contributed by atoms with van der Waals surface area (Å²) in [5.41, 5.74) is 1.44. The van der Waals surface area contributed by atoms with E-state index in [2.05, 4.69) is 15.1 Å². The third kappa shape index (κ3) is 3.33. The van der Waals surface area contributed by atoms with Crippen LogP contribution < -0.4 is 4.90 Å². The number of fused-ring (bicyclic) bond motifs is 1. The van der Waals surface area contributed by atoms with E-state index in [1.807, 2.05) is 18.2 Å². The van der Waals surface area contributed by atoms with Crippen molar-refractivity contribution in [2.45, 2.75) is 6.92 Å². The molecule has 29 heavy (non-hydrogen) atoms.